The topological polar surface area (TPSA) is 265 Å². The average molecular weight is 1020 g/mol. The van der Waals surface area contributed by atoms with Crippen LogP contribution in [-0.4, -0.2) is 145 Å². The molecule has 0 aromatic heterocycles. The van der Waals surface area contributed by atoms with Gasteiger partial charge in [-0.15, -0.1) is 0 Å². The minimum Gasteiger partial charge on any atom is -0.399 e. The Morgan fingerprint density at radius 3 is 1.19 bits per heavy atom. The first-order chi connectivity index (χ1) is 34.2. The quantitative estimate of drug-likeness (QED) is 0.0965. The van der Waals surface area contributed by atoms with Gasteiger partial charge in [-0.2, -0.15) is 0 Å². The van der Waals surface area contributed by atoms with Crippen LogP contribution >= 0.6 is 0 Å². The highest BCUT2D eigenvalue weighted by Crippen LogP contribution is 2.32. The molecule has 19 heteroatoms. The summed E-state index contributed by atoms with van der Waals surface area (Å²) in [5.74, 6) is -2.83. The van der Waals surface area contributed by atoms with E-state index in [1.165, 1.54) is 28.0 Å². The molecular formula is C54H89N11O8. The summed E-state index contributed by atoms with van der Waals surface area (Å²) >= 11 is 0. The second kappa shape index (κ2) is 25.3. The maximum absolute atomic E-state index is 14.6. The molecule has 4 aliphatic rings. The Labute approximate surface area is 433 Å². The molecule has 4 fully saturated rings. The normalized spacial score (nSPS) is 23.5. The van der Waals surface area contributed by atoms with Crippen molar-refractivity contribution in [2.24, 2.45) is 22.7 Å². The largest absolute Gasteiger partial charge is 0.399 e. The number of anilines is 1. The van der Waals surface area contributed by atoms with E-state index in [2.05, 4.69) is 42.5 Å². The van der Waals surface area contributed by atoms with E-state index in [1.54, 1.807) is 27.9 Å². The predicted octanol–water partition coefficient (Wildman–Crippen LogP) is 3.12. The molecule has 2 saturated carbocycles. The number of carbonyl (C=O) groups is 8. The van der Waals surface area contributed by atoms with Gasteiger partial charge in [0.15, 0.2) is 0 Å². The van der Waals surface area contributed by atoms with Crippen molar-refractivity contribution in [2.75, 3.05) is 32.9 Å². The highest BCUT2D eigenvalue weighted by atomic mass is 16.2. The Balaban J connectivity index is 1.36. The van der Waals surface area contributed by atoms with Gasteiger partial charge in [-0.05, 0) is 121 Å². The van der Waals surface area contributed by atoms with Gasteiger partial charge in [0, 0.05) is 54.1 Å². The molecule has 10 N–H and O–H groups in total. The molecule has 2 aliphatic heterocycles. The van der Waals surface area contributed by atoms with E-state index in [0.29, 0.717) is 11.8 Å². The second-order valence-electron chi connectivity index (χ2n) is 23.7. The van der Waals surface area contributed by atoms with Crippen molar-refractivity contribution < 1.29 is 38.4 Å². The van der Waals surface area contributed by atoms with Gasteiger partial charge in [-0.1, -0.05) is 80.1 Å². The third kappa shape index (κ3) is 15.4. The third-order valence-corrected chi connectivity index (χ3v) is 15.8. The summed E-state index contributed by atoms with van der Waals surface area (Å²) in [6, 6.07) is -2.36. The van der Waals surface area contributed by atoms with E-state index >= 15 is 0 Å². The number of hydrogen-bond acceptors (Lipinski definition) is 11. The van der Waals surface area contributed by atoms with Crippen molar-refractivity contribution in [3.63, 3.8) is 0 Å². The molecule has 0 unspecified atom stereocenters. The van der Waals surface area contributed by atoms with Crippen LogP contribution in [0.15, 0.2) is 18.2 Å². The monoisotopic (exact) mass is 1020 g/mol. The zero-order valence-electron chi connectivity index (χ0n) is 45.8. The highest BCUT2D eigenvalue weighted by molar-refractivity contribution is 6.02. The predicted molar refractivity (Wildman–Crippen MR) is 282 cm³/mol. The van der Waals surface area contributed by atoms with Crippen molar-refractivity contribution in [2.45, 2.75) is 207 Å². The van der Waals surface area contributed by atoms with Crippen LogP contribution in [0.2, 0.25) is 0 Å². The Bertz CT molecular complexity index is 2000. The van der Waals surface area contributed by atoms with E-state index in [9.17, 15) is 38.4 Å². The maximum Gasteiger partial charge on any atom is 0.251 e. The molecule has 1 aromatic carbocycles. The van der Waals surface area contributed by atoms with Crippen LogP contribution in [-0.2, 0) is 28.8 Å². The van der Waals surface area contributed by atoms with Gasteiger partial charge in [0.2, 0.25) is 35.4 Å². The van der Waals surface area contributed by atoms with E-state index in [0.717, 1.165) is 64.2 Å². The summed E-state index contributed by atoms with van der Waals surface area (Å²) in [6.45, 7) is 18.4. The summed E-state index contributed by atoms with van der Waals surface area (Å²) in [6.07, 6.45) is 10.9. The first kappa shape index (κ1) is 58.6. The van der Waals surface area contributed by atoms with Gasteiger partial charge in [-0.25, -0.2) is 0 Å². The lowest BCUT2D eigenvalue weighted by Gasteiger charge is -2.36. The zero-order chi connectivity index (χ0) is 54.1. The lowest BCUT2D eigenvalue weighted by atomic mass is 9.84. The van der Waals surface area contributed by atoms with Crippen LogP contribution in [0.5, 0.6) is 0 Å². The number of benzene rings is 1. The first-order valence-corrected chi connectivity index (χ1v) is 26.9. The van der Waals surface area contributed by atoms with Gasteiger partial charge >= 0.3 is 0 Å². The molecule has 0 bridgehead atoms. The van der Waals surface area contributed by atoms with Crippen LogP contribution in [0.1, 0.15) is 167 Å². The number of nitrogens with one attached hydrogen (secondary N) is 8. The van der Waals surface area contributed by atoms with E-state index in [1.807, 2.05) is 55.4 Å². The van der Waals surface area contributed by atoms with Crippen LogP contribution in [0, 0.1) is 22.7 Å². The Morgan fingerprint density at radius 2 is 0.877 bits per heavy atom. The van der Waals surface area contributed by atoms with Crippen LogP contribution in [0.25, 0.3) is 0 Å². The molecule has 1 aromatic rings. The van der Waals surface area contributed by atoms with Gasteiger partial charge in [0.05, 0.1) is 12.1 Å². The van der Waals surface area contributed by atoms with Gasteiger partial charge in [0.1, 0.15) is 24.2 Å². The highest BCUT2D eigenvalue weighted by Gasteiger charge is 2.48. The number of likely N-dealkylation sites (N-methyl/N-ethyl adjacent to an activating group) is 2. The van der Waals surface area contributed by atoms with Crippen molar-refractivity contribution in [3.05, 3.63) is 29.3 Å². The first-order valence-electron chi connectivity index (χ1n) is 26.9. The fraction of sp³-hybridized carbons (Fsp3) is 0.741. The number of nitrogens with two attached hydrogens (primary N) is 1. The molecule has 8 amide bonds. The van der Waals surface area contributed by atoms with Crippen molar-refractivity contribution in [1.82, 2.24) is 52.3 Å². The van der Waals surface area contributed by atoms with Gasteiger partial charge in [-0.3, -0.25) is 38.4 Å². The summed E-state index contributed by atoms with van der Waals surface area (Å²) in [7, 11) is 3.30. The van der Waals surface area contributed by atoms with E-state index < -0.39 is 82.8 Å². The van der Waals surface area contributed by atoms with Crippen LogP contribution in [0.4, 0.5) is 5.69 Å². The molecular weight excluding hydrogens is 931 g/mol. The molecule has 73 heavy (non-hydrogen) atoms. The molecule has 2 saturated heterocycles. The maximum atomic E-state index is 14.6. The molecule has 408 valence electrons. The molecule has 10 atom stereocenters. The van der Waals surface area contributed by atoms with E-state index in [-0.39, 0.29) is 78.5 Å². The number of nitrogens with zero attached hydrogens (tertiary/aromatic N) is 2. The van der Waals surface area contributed by atoms with Crippen molar-refractivity contribution in [1.29, 1.82) is 0 Å². The van der Waals surface area contributed by atoms with Crippen molar-refractivity contribution in [3.8, 4) is 0 Å². The number of amides is 8. The SMILES string of the molecule is CN[C@@H](C)C(=O)N[C@H](C(=O)N1C[C@@H](NC(=O)c2cc(N)cc(C(=O)N[C@H]3C[C@@H](C(=O)N[C@H](C)C4CCCCC4)N(C(=O)[C@@H](NC(=O)[C@H](C)NC)C(C)(C)C)C3)c2)C[C@H]1C(=O)N[C@H](C)C1CCCCC1)C(C)(C)C. The number of nitrogen functional groups attached to an aromatic ring is 1. The zero-order valence-corrected chi connectivity index (χ0v) is 45.8. The lowest BCUT2D eigenvalue weighted by Crippen LogP contribution is -2.60. The molecule has 2 heterocycles. The number of rotatable bonds is 18. The summed E-state index contributed by atoms with van der Waals surface area (Å²) in [4.78, 5) is 115. The smallest absolute Gasteiger partial charge is 0.251 e. The second-order valence-corrected chi connectivity index (χ2v) is 23.7. The number of carbonyl (C=O) groups excluding carboxylic acids is 8. The fourth-order valence-electron chi connectivity index (χ4n) is 10.9. The molecule has 0 radical (unpaired) electrons. The Hall–Kier alpha value is -5.30. The lowest BCUT2D eigenvalue weighted by molar-refractivity contribution is -0.144. The molecule has 0 spiro atoms. The summed E-state index contributed by atoms with van der Waals surface area (Å²) in [5, 5.41) is 24.0. The fourth-order valence-corrected chi connectivity index (χ4v) is 10.9. The number of hydrogen-bond donors (Lipinski definition) is 9. The number of likely N-dealkylation sites (tertiary alicyclic amines) is 2. The molecule has 2 aliphatic carbocycles. The summed E-state index contributed by atoms with van der Waals surface area (Å²) < 4.78 is 0. The van der Waals surface area contributed by atoms with Crippen LogP contribution in [0.3, 0.4) is 0 Å². The average Bonchev–Trinajstić information content (AvgIpc) is 3.98. The Morgan fingerprint density at radius 1 is 0.534 bits per heavy atom. The van der Waals surface area contributed by atoms with Crippen molar-refractivity contribution >= 4 is 52.9 Å². The third-order valence-electron chi connectivity index (χ3n) is 15.8. The Kier molecular flexibility index (Phi) is 20.3. The van der Waals surface area contributed by atoms with Gasteiger partial charge < -0.3 is 58.1 Å². The summed E-state index contributed by atoms with van der Waals surface area (Å²) in [5.41, 5.74) is 5.15. The standard InChI is InChI=1S/C54H89N11O8/c1-30(34-19-15-13-16-20-34)58-49(70)41-26-39(28-64(41)51(72)43(53(5,6)7)62-45(66)32(3)56-11)60-47(68)36-23-37(25-38(55)24-36)48(69)61-40-27-42(50(71)59-31(2)35-21-17-14-18-22-35)65(29-40)52(73)44(54(8,9)10)63-46(67)33(4)57-12/h23-25,30-35,39-44,56-57H,13-22,26-29,55H2,1-12H3,(H,58,70)(H,59,71)(H,60,68)(H,61,69)(H,62,66)(H,63,67)/t30-,31-,32+,33+,39+,40+,41+,42+,43-,44-/m1/s1. The minimum absolute atomic E-state index is 0.0144. The van der Waals surface area contributed by atoms with E-state index in [4.69, 9.17) is 5.73 Å². The molecule has 5 rings (SSSR count). The molecule has 19 nitrogen and oxygen atoms in total. The van der Waals surface area contributed by atoms with Crippen LogP contribution < -0.4 is 48.3 Å². The minimum atomic E-state index is -0.987. The van der Waals surface area contributed by atoms with Gasteiger partial charge in [0.25, 0.3) is 11.8 Å².